The van der Waals surface area contributed by atoms with E-state index in [1.807, 2.05) is 0 Å². The first-order chi connectivity index (χ1) is 11.1. The third-order valence-electron chi connectivity index (χ3n) is 3.92. The molecule has 130 valence electrons. The highest BCUT2D eigenvalue weighted by Crippen LogP contribution is 2.19. The number of amides is 1. The molecule has 0 bridgehead atoms. The summed E-state index contributed by atoms with van der Waals surface area (Å²) >= 11 is 0. The first kappa shape index (κ1) is 18.4. The van der Waals surface area contributed by atoms with Crippen molar-refractivity contribution in [1.29, 1.82) is 0 Å². The van der Waals surface area contributed by atoms with Gasteiger partial charge in [-0.1, -0.05) is 17.3 Å². The normalized spacial score (nSPS) is 13.9. The quantitative estimate of drug-likeness (QED) is 0.828. The Hall–Kier alpha value is -1.99. The zero-order valence-corrected chi connectivity index (χ0v) is 14.2. The molecule has 0 atom stereocenters. The molecule has 2 heterocycles. The SMILES string of the molecule is Cc1ccc(-c2noc(CCC(=O)NCC3CNC3)n2)cc1F.Cl. The third kappa shape index (κ3) is 4.52. The molecule has 6 nitrogen and oxygen atoms in total. The van der Waals surface area contributed by atoms with Crippen LogP contribution in [0.1, 0.15) is 17.9 Å². The van der Waals surface area contributed by atoms with Crippen LogP contribution in [-0.2, 0) is 11.2 Å². The molecule has 1 aliphatic rings. The lowest BCUT2D eigenvalue weighted by molar-refractivity contribution is -0.121. The van der Waals surface area contributed by atoms with Crippen LogP contribution < -0.4 is 10.6 Å². The minimum atomic E-state index is -0.307. The molecule has 8 heteroatoms. The summed E-state index contributed by atoms with van der Waals surface area (Å²) < 4.78 is 18.7. The van der Waals surface area contributed by atoms with Gasteiger partial charge in [0.1, 0.15) is 5.82 Å². The molecule has 0 unspecified atom stereocenters. The number of carbonyl (C=O) groups is 1. The van der Waals surface area contributed by atoms with Gasteiger partial charge in [-0.05, 0) is 18.6 Å². The molecule has 1 saturated heterocycles. The minimum Gasteiger partial charge on any atom is -0.356 e. The molecular formula is C16H20ClFN4O2. The number of nitrogens with one attached hydrogen (secondary N) is 2. The van der Waals surface area contributed by atoms with E-state index in [2.05, 4.69) is 20.8 Å². The van der Waals surface area contributed by atoms with Crippen molar-refractivity contribution in [1.82, 2.24) is 20.8 Å². The van der Waals surface area contributed by atoms with Crippen molar-refractivity contribution < 1.29 is 13.7 Å². The maximum Gasteiger partial charge on any atom is 0.227 e. The van der Waals surface area contributed by atoms with Crippen LogP contribution in [0.4, 0.5) is 4.39 Å². The first-order valence-corrected chi connectivity index (χ1v) is 7.68. The number of carbonyl (C=O) groups excluding carboxylic acids is 1. The van der Waals surface area contributed by atoms with Crippen molar-refractivity contribution in [3.8, 4) is 11.4 Å². The smallest absolute Gasteiger partial charge is 0.227 e. The summed E-state index contributed by atoms with van der Waals surface area (Å²) in [5.74, 6) is 0.906. The van der Waals surface area contributed by atoms with Gasteiger partial charge in [-0.3, -0.25) is 4.79 Å². The number of rotatable bonds is 6. The van der Waals surface area contributed by atoms with Crippen LogP contribution >= 0.6 is 12.4 Å². The highest BCUT2D eigenvalue weighted by molar-refractivity contribution is 5.85. The molecule has 2 aromatic rings. The molecule has 0 spiro atoms. The summed E-state index contributed by atoms with van der Waals surface area (Å²) in [6, 6.07) is 4.79. The van der Waals surface area contributed by atoms with Crippen LogP contribution in [0.2, 0.25) is 0 Å². The van der Waals surface area contributed by atoms with E-state index in [0.717, 1.165) is 13.1 Å². The van der Waals surface area contributed by atoms with Crippen LogP contribution in [0, 0.1) is 18.7 Å². The number of halogens is 2. The number of aromatic nitrogens is 2. The van der Waals surface area contributed by atoms with Gasteiger partial charge in [0.05, 0.1) is 0 Å². The van der Waals surface area contributed by atoms with Gasteiger partial charge in [-0.2, -0.15) is 4.98 Å². The molecule has 1 aliphatic heterocycles. The highest BCUT2D eigenvalue weighted by atomic mass is 35.5. The lowest BCUT2D eigenvalue weighted by Crippen LogP contribution is -2.48. The maximum absolute atomic E-state index is 13.6. The lowest BCUT2D eigenvalue weighted by Gasteiger charge is -2.27. The molecule has 3 rings (SSSR count). The monoisotopic (exact) mass is 354 g/mol. The standard InChI is InChI=1S/C16H19FN4O2.ClH/c1-10-2-3-12(6-13(10)17)16-20-15(23-21-16)5-4-14(22)19-9-11-7-18-8-11;/h2-3,6,11,18H,4-5,7-9H2,1H3,(H,19,22);1H. The fourth-order valence-corrected chi connectivity index (χ4v) is 2.27. The van der Waals surface area contributed by atoms with Gasteiger partial charge >= 0.3 is 0 Å². The van der Waals surface area contributed by atoms with Gasteiger partial charge in [-0.25, -0.2) is 4.39 Å². The van der Waals surface area contributed by atoms with Crippen LogP contribution in [-0.4, -0.2) is 35.7 Å². The van der Waals surface area contributed by atoms with E-state index in [1.165, 1.54) is 6.07 Å². The van der Waals surface area contributed by atoms with Gasteiger partial charge in [0.2, 0.25) is 17.6 Å². The van der Waals surface area contributed by atoms with Crippen molar-refractivity contribution in [3.05, 3.63) is 35.5 Å². The van der Waals surface area contributed by atoms with Crippen molar-refractivity contribution in [2.24, 2.45) is 5.92 Å². The molecule has 1 amide bonds. The fraction of sp³-hybridized carbons (Fsp3) is 0.438. The summed E-state index contributed by atoms with van der Waals surface area (Å²) in [4.78, 5) is 16.0. The second kappa shape index (κ2) is 8.21. The molecule has 1 fully saturated rings. The van der Waals surface area contributed by atoms with Crippen LogP contribution in [0.3, 0.4) is 0 Å². The topological polar surface area (TPSA) is 80.0 Å². The fourth-order valence-electron chi connectivity index (χ4n) is 2.27. The van der Waals surface area contributed by atoms with Gasteiger partial charge in [0.15, 0.2) is 0 Å². The van der Waals surface area contributed by atoms with Crippen molar-refractivity contribution in [2.75, 3.05) is 19.6 Å². The van der Waals surface area contributed by atoms with E-state index in [0.29, 0.717) is 48.1 Å². The Kier molecular flexibility index (Phi) is 6.28. The summed E-state index contributed by atoms with van der Waals surface area (Å²) in [5, 5.41) is 9.88. The second-order valence-corrected chi connectivity index (χ2v) is 5.80. The summed E-state index contributed by atoms with van der Waals surface area (Å²) in [6.45, 7) is 4.31. The van der Waals surface area contributed by atoms with Gasteiger partial charge < -0.3 is 15.2 Å². The Morgan fingerprint density at radius 2 is 2.25 bits per heavy atom. The Labute approximate surface area is 145 Å². The molecule has 2 N–H and O–H groups in total. The summed E-state index contributed by atoms with van der Waals surface area (Å²) in [5.41, 5.74) is 1.13. The number of benzene rings is 1. The van der Waals surface area contributed by atoms with Crippen molar-refractivity contribution in [2.45, 2.75) is 19.8 Å². The summed E-state index contributed by atoms with van der Waals surface area (Å²) in [7, 11) is 0. The molecule has 24 heavy (non-hydrogen) atoms. The van der Waals surface area contributed by atoms with Crippen LogP contribution in [0.15, 0.2) is 22.7 Å². The first-order valence-electron chi connectivity index (χ1n) is 7.68. The third-order valence-corrected chi connectivity index (χ3v) is 3.92. The molecule has 1 aromatic heterocycles. The largest absolute Gasteiger partial charge is 0.356 e. The summed E-state index contributed by atoms with van der Waals surface area (Å²) in [6.07, 6.45) is 0.667. The maximum atomic E-state index is 13.6. The predicted molar refractivity (Wildman–Crippen MR) is 89.4 cm³/mol. The molecule has 0 radical (unpaired) electrons. The van der Waals surface area contributed by atoms with E-state index < -0.39 is 0 Å². The predicted octanol–water partition coefficient (Wildman–Crippen LogP) is 1.87. The average Bonchev–Trinajstić information content (AvgIpc) is 2.95. The lowest BCUT2D eigenvalue weighted by atomic mass is 10.0. The van der Waals surface area contributed by atoms with E-state index in [9.17, 15) is 9.18 Å². The van der Waals surface area contributed by atoms with Crippen LogP contribution in [0.5, 0.6) is 0 Å². The molecule has 1 aromatic carbocycles. The highest BCUT2D eigenvalue weighted by Gasteiger charge is 2.17. The number of aryl methyl sites for hydroxylation is 2. The van der Waals surface area contributed by atoms with E-state index in [-0.39, 0.29) is 24.1 Å². The molecule has 0 saturated carbocycles. The van der Waals surface area contributed by atoms with Crippen molar-refractivity contribution >= 4 is 18.3 Å². The van der Waals surface area contributed by atoms with E-state index in [4.69, 9.17) is 4.52 Å². The number of nitrogens with zero attached hydrogens (tertiary/aromatic N) is 2. The number of hydrogen-bond acceptors (Lipinski definition) is 5. The Balaban J connectivity index is 0.00000208. The second-order valence-electron chi connectivity index (χ2n) is 5.80. The average molecular weight is 355 g/mol. The van der Waals surface area contributed by atoms with E-state index >= 15 is 0 Å². The zero-order valence-electron chi connectivity index (χ0n) is 13.3. The van der Waals surface area contributed by atoms with Gasteiger partial charge in [0, 0.05) is 44.0 Å². The zero-order chi connectivity index (χ0) is 16.2. The van der Waals surface area contributed by atoms with E-state index in [1.54, 1.807) is 19.1 Å². The van der Waals surface area contributed by atoms with Crippen LogP contribution in [0.25, 0.3) is 11.4 Å². The molecular weight excluding hydrogens is 335 g/mol. The van der Waals surface area contributed by atoms with Gasteiger partial charge in [-0.15, -0.1) is 12.4 Å². The minimum absolute atomic E-state index is 0. The number of hydrogen-bond donors (Lipinski definition) is 2. The van der Waals surface area contributed by atoms with Crippen molar-refractivity contribution in [3.63, 3.8) is 0 Å². The Morgan fingerprint density at radius 3 is 2.92 bits per heavy atom. The Morgan fingerprint density at radius 1 is 1.46 bits per heavy atom. The molecule has 0 aliphatic carbocycles. The Bertz CT molecular complexity index is 703. The van der Waals surface area contributed by atoms with Gasteiger partial charge in [0.25, 0.3) is 0 Å².